The van der Waals surface area contributed by atoms with Crippen LogP contribution in [0.4, 0.5) is 5.82 Å². The van der Waals surface area contributed by atoms with E-state index in [0.717, 1.165) is 12.4 Å². The highest BCUT2D eigenvalue weighted by Gasteiger charge is 1.96. The van der Waals surface area contributed by atoms with Gasteiger partial charge in [0, 0.05) is 13.6 Å². The van der Waals surface area contributed by atoms with Crippen molar-refractivity contribution in [2.75, 3.05) is 18.5 Å². The lowest BCUT2D eigenvalue weighted by Crippen LogP contribution is -2.15. The third-order valence-electron chi connectivity index (χ3n) is 1.29. The quantitative estimate of drug-likeness (QED) is 0.618. The van der Waals surface area contributed by atoms with E-state index in [9.17, 15) is 0 Å². The van der Waals surface area contributed by atoms with E-state index < -0.39 is 0 Å². The van der Waals surface area contributed by atoms with Crippen LogP contribution < -0.4 is 4.90 Å². The first-order valence-corrected chi connectivity index (χ1v) is 2.91. The summed E-state index contributed by atoms with van der Waals surface area (Å²) in [7, 11) is 1.98. The van der Waals surface area contributed by atoms with E-state index in [1.807, 2.05) is 11.9 Å². The summed E-state index contributed by atoms with van der Waals surface area (Å²) in [6, 6.07) is 0. The van der Waals surface area contributed by atoms with Gasteiger partial charge in [0.1, 0.15) is 5.82 Å². The van der Waals surface area contributed by atoms with Gasteiger partial charge in [0.15, 0.2) is 0 Å². The van der Waals surface area contributed by atoms with Crippen molar-refractivity contribution >= 4 is 5.82 Å². The van der Waals surface area contributed by atoms with Gasteiger partial charge in [-0.05, 0) is 6.92 Å². The number of hydrogen-bond acceptors (Lipinski definition) is 3. The van der Waals surface area contributed by atoms with E-state index in [0.29, 0.717) is 0 Å². The molecule has 1 aromatic heterocycles. The molecule has 0 bridgehead atoms. The maximum absolute atomic E-state index is 3.64. The van der Waals surface area contributed by atoms with Gasteiger partial charge in [-0.15, -0.1) is 5.10 Å². The van der Waals surface area contributed by atoms with Crippen molar-refractivity contribution in [2.24, 2.45) is 0 Å². The van der Waals surface area contributed by atoms with Crippen LogP contribution in [-0.2, 0) is 0 Å². The van der Waals surface area contributed by atoms with E-state index in [2.05, 4.69) is 22.3 Å². The molecule has 1 heterocycles. The van der Waals surface area contributed by atoms with Gasteiger partial charge in [0.05, 0.1) is 6.20 Å². The molecule has 0 aliphatic carbocycles. The molecule has 1 N–H and O–H groups in total. The summed E-state index contributed by atoms with van der Waals surface area (Å²) >= 11 is 0. The second kappa shape index (κ2) is 2.48. The predicted octanol–water partition coefficient (Wildman–Crippen LogP) is 0.261. The molecule has 0 saturated carbocycles. The Hall–Kier alpha value is -1.06. The number of anilines is 1. The van der Waals surface area contributed by atoms with Crippen molar-refractivity contribution in [1.29, 1.82) is 0 Å². The standard InChI is InChI=1S/C5H10N4/c1-3-9(2)5-4-6-8-7-5/h4H,3H2,1-2H3,(H,6,7,8). The Balaban J connectivity index is 2.65. The van der Waals surface area contributed by atoms with Crippen LogP contribution in [0, 0.1) is 0 Å². The fourth-order valence-corrected chi connectivity index (χ4v) is 0.547. The number of hydrogen-bond donors (Lipinski definition) is 1. The van der Waals surface area contributed by atoms with E-state index in [-0.39, 0.29) is 0 Å². The first kappa shape index (κ1) is 6.07. The lowest BCUT2D eigenvalue weighted by molar-refractivity contribution is 0.897. The molecule has 0 radical (unpaired) electrons. The maximum Gasteiger partial charge on any atom is 0.144 e. The molecule has 0 spiro atoms. The van der Waals surface area contributed by atoms with E-state index >= 15 is 0 Å². The third-order valence-corrected chi connectivity index (χ3v) is 1.29. The van der Waals surface area contributed by atoms with Gasteiger partial charge in [-0.3, -0.25) is 0 Å². The average molecular weight is 126 g/mol. The van der Waals surface area contributed by atoms with Crippen molar-refractivity contribution in [3.8, 4) is 0 Å². The summed E-state index contributed by atoms with van der Waals surface area (Å²) < 4.78 is 0. The third kappa shape index (κ3) is 1.19. The predicted molar refractivity (Wildman–Crippen MR) is 35.3 cm³/mol. The van der Waals surface area contributed by atoms with Crippen molar-refractivity contribution in [2.45, 2.75) is 6.92 Å². The van der Waals surface area contributed by atoms with Crippen molar-refractivity contribution in [1.82, 2.24) is 15.4 Å². The Bertz CT molecular complexity index is 157. The topological polar surface area (TPSA) is 44.8 Å². The number of rotatable bonds is 2. The maximum atomic E-state index is 3.64. The molecule has 0 aromatic carbocycles. The number of nitrogens with one attached hydrogen (secondary N) is 1. The Morgan fingerprint density at radius 1 is 1.78 bits per heavy atom. The average Bonchev–Trinajstić information content (AvgIpc) is 2.37. The summed E-state index contributed by atoms with van der Waals surface area (Å²) in [6.07, 6.45) is 1.70. The molecule has 0 aliphatic heterocycles. The van der Waals surface area contributed by atoms with E-state index in [4.69, 9.17) is 0 Å². The van der Waals surface area contributed by atoms with Crippen LogP contribution in [0.2, 0.25) is 0 Å². The lowest BCUT2D eigenvalue weighted by atomic mass is 10.6. The molecule has 1 rings (SSSR count). The lowest BCUT2D eigenvalue weighted by Gasteiger charge is -2.11. The van der Waals surface area contributed by atoms with Crippen molar-refractivity contribution in [3.63, 3.8) is 0 Å². The number of nitrogens with zero attached hydrogens (tertiary/aromatic N) is 3. The zero-order valence-electron chi connectivity index (χ0n) is 5.63. The number of aromatic nitrogens is 3. The summed E-state index contributed by atoms with van der Waals surface area (Å²) in [5, 5.41) is 9.97. The first-order valence-electron chi connectivity index (χ1n) is 2.91. The van der Waals surface area contributed by atoms with E-state index in [1.165, 1.54) is 0 Å². The largest absolute Gasteiger partial charge is 0.359 e. The van der Waals surface area contributed by atoms with E-state index in [1.54, 1.807) is 6.20 Å². The normalized spacial score (nSPS) is 9.56. The SMILES string of the molecule is CCN(C)c1cnn[nH]1. The second-order valence-electron chi connectivity index (χ2n) is 1.86. The van der Waals surface area contributed by atoms with Crippen LogP contribution in [0.15, 0.2) is 6.20 Å². The molecular formula is C5H10N4. The summed E-state index contributed by atoms with van der Waals surface area (Å²) in [5.41, 5.74) is 0. The zero-order chi connectivity index (χ0) is 6.69. The molecular weight excluding hydrogens is 116 g/mol. The summed E-state index contributed by atoms with van der Waals surface area (Å²) in [4.78, 5) is 2.03. The Morgan fingerprint density at radius 3 is 3.00 bits per heavy atom. The molecule has 0 aliphatic rings. The smallest absolute Gasteiger partial charge is 0.144 e. The van der Waals surface area contributed by atoms with Crippen LogP contribution in [0.25, 0.3) is 0 Å². The van der Waals surface area contributed by atoms with Gasteiger partial charge in [-0.2, -0.15) is 0 Å². The zero-order valence-corrected chi connectivity index (χ0v) is 5.63. The van der Waals surface area contributed by atoms with Crippen LogP contribution >= 0.6 is 0 Å². The van der Waals surface area contributed by atoms with Gasteiger partial charge in [-0.25, -0.2) is 5.10 Å². The minimum atomic E-state index is 0.956. The molecule has 1 aromatic rings. The highest BCUT2D eigenvalue weighted by atomic mass is 15.4. The van der Waals surface area contributed by atoms with Gasteiger partial charge in [0.25, 0.3) is 0 Å². The van der Waals surface area contributed by atoms with Gasteiger partial charge < -0.3 is 4.90 Å². The Labute approximate surface area is 53.9 Å². The fourth-order valence-electron chi connectivity index (χ4n) is 0.547. The molecule has 50 valence electrons. The molecule has 0 atom stereocenters. The summed E-state index contributed by atoms with van der Waals surface area (Å²) in [6.45, 7) is 3.03. The van der Waals surface area contributed by atoms with Gasteiger partial charge in [-0.1, -0.05) is 5.21 Å². The number of H-pyrrole nitrogens is 1. The fraction of sp³-hybridized carbons (Fsp3) is 0.600. The van der Waals surface area contributed by atoms with Crippen molar-refractivity contribution < 1.29 is 0 Å². The Kier molecular flexibility index (Phi) is 1.67. The van der Waals surface area contributed by atoms with Crippen LogP contribution in [0.1, 0.15) is 6.92 Å². The van der Waals surface area contributed by atoms with Crippen LogP contribution in [0.3, 0.4) is 0 Å². The molecule has 4 nitrogen and oxygen atoms in total. The minimum absolute atomic E-state index is 0.956. The second-order valence-corrected chi connectivity index (χ2v) is 1.86. The minimum Gasteiger partial charge on any atom is -0.359 e. The monoisotopic (exact) mass is 126 g/mol. The molecule has 9 heavy (non-hydrogen) atoms. The number of aromatic amines is 1. The van der Waals surface area contributed by atoms with Gasteiger partial charge >= 0.3 is 0 Å². The highest BCUT2D eigenvalue weighted by molar-refractivity contribution is 5.31. The van der Waals surface area contributed by atoms with Gasteiger partial charge in [0.2, 0.25) is 0 Å². The van der Waals surface area contributed by atoms with Crippen LogP contribution in [-0.4, -0.2) is 29.0 Å². The van der Waals surface area contributed by atoms with Crippen molar-refractivity contribution in [3.05, 3.63) is 6.20 Å². The molecule has 0 amide bonds. The molecule has 0 unspecified atom stereocenters. The summed E-state index contributed by atoms with van der Waals surface area (Å²) in [5.74, 6) is 0.956. The molecule has 0 fully saturated rings. The molecule has 4 heteroatoms. The Morgan fingerprint density at radius 2 is 2.56 bits per heavy atom. The van der Waals surface area contributed by atoms with Crippen LogP contribution in [0.5, 0.6) is 0 Å². The first-order chi connectivity index (χ1) is 4.34. The molecule has 0 saturated heterocycles. The highest BCUT2D eigenvalue weighted by Crippen LogP contribution is 2.01.